The number of amides is 1. The molecule has 146 valence electrons. The first-order valence-corrected chi connectivity index (χ1v) is 9.59. The van der Waals surface area contributed by atoms with Crippen LogP contribution in [0, 0.1) is 6.92 Å². The minimum absolute atomic E-state index is 0.281. The van der Waals surface area contributed by atoms with Gasteiger partial charge in [0.1, 0.15) is 5.82 Å². The van der Waals surface area contributed by atoms with Crippen LogP contribution in [0.15, 0.2) is 57.7 Å². The summed E-state index contributed by atoms with van der Waals surface area (Å²) in [7, 11) is 1.62. The van der Waals surface area contributed by atoms with Crippen molar-refractivity contribution in [2.75, 3.05) is 5.32 Å². The Morgan fingerprint density at radius 3 is 2.62 bits per heavy atom. The van der Waals surface area contributed by atoms with Crippen LogP contribution in [-0.2, 0) is 7.05 Å². The third kappa shape index (κ3) is 2.86. The van der Waals surface area contributed by atoms with Gasteiger partial charge in [0, 0.05) is 18.5 Å². The predicted octanol–water partition coefficient (Wildman–Crippen LogP) is 3.76. The molecule has 0 saturated heterocycles. The molecule has 1 aliphatic rings. The number of anilines is 1. The van der Waals surface area contributed by atoms with Crippen LogP contribution >= 0.6 is 0 Å². The van der Waals surface area contributed by atoms with Gasteiger partial charge >= 0.3 is 5.76 Å². The fourth-order valence-corrected chi connectivity index (χ4v) is 3.66. The monoisotopic (exact) mass is 388 g/mol. The van der Waals surface area contributed by atoms with Gasteiger partial charge in [-0.2, -0.15) is 5.10 Å². The van der Waals surface area contributed by atoms with Crippen LogP contribution < -0.4 is 11.1 Å². The first kappa shape index (κ1) is 17.5. The maximum Gasteiger partial charge on any atom is 0.419 e. The quantitative estimate of drug-likeness (QED) is 0.577. The Morgan fingerprint density at radius 2 is 1.90 bits per heavy atom. The zero-order chi connectivity index (χ0) is 20.1. The number of para-hydroxylation sites is 2. The SMILES string of the molecule is Cc1c(C2CC2)nn(-c2ccccc2)c1NC(=O)c1cccc2c1oc(=O)n2C. The summed E-state index contributed by atoms with van der Waals surface area (Å²) in [5, 5.41) is 7.80. The van der Waals surface area contributed by atoms with Crippen LogP contribution in [0.2, 0.25) is 0 Å². The zero-order valence-electron chi connectivity index (χ0n) is 16.2. The van der Waals surface area contributed by atoms with E-state index in [-0.39, 0.29) is 11.5 Å². The summed E-state index contributed by atoms with van der Waals surface area (Å²) < 4.78 is 8.48. The van der Waals surface area contributed by atoms with Gasteiger partial charge in [0.05, 0.1) is 22.5 Å². The molecule has 5 rings (SSSR count). The summed E-state index contributed by atoms with van der Waals surface area (Å²) in [5.41, 5.74) is 4.04. The van der Waals surface area contributed by atoms with Crippen molar-refractivity contribution in [1.82, 2.24) is 14.3 Å². The summed E-state index contributed by atoms with van der Waals surface area (Å²) in [6.45, 7) is 1.99. The average molecular weight is 388 g/mol. The van der Waals surface area contributed by atoms with Crippen LogP contribution in [0.25, 0.3) is 16.8 Å². The number of aromatic nitrogens is 3. The van der Waals surface area contributed by atoms with Crippen molar-refractivity contribution in [1.29, 1.82) is 0 Å². The number of hydrogen-bond donors (Lipinski definition) is 1. The highest BCUT2D eigenvalue weighted by Gasteiger charge is 2.31. The number of carbonyl (C=O) groups excluding carboxylic acids is 1. The normalized spacial score (nSPS) is 13.7. The second kappa shape index (κ2) is 6.48. The minimum atomic E-state index is -0.498. The smallest absolute Gasteiger partial charge is 0.407 e. The molecule has 2 heterocycles. The summed E-state index contributed by atoms with van der Waals surface area (Å²) in [5.74, 6) is 0.249. The van der Waals surface area contributed by atoms with Crippen LogP contribution in [0.4, 0.5) is 5.82 Å². The van der Waals surface area contributed by atoms with E-state index in [1.807, 2.05) is 37.3 Å². The Balaban J connectivity index is 1.60. The number of nitrogens with one attached hydrogen (secondary N) is 1. The van der Waals surface area contributed by atoms with E-state index < -0.39 is 5.76 Å². The van der Waals surface area contributed by atoms with Crippen LogP contribution in [0.5, 0.6) is 0 Å². The lowest BCUT2D eigenvalue weighted by atomic mass is 10.1. The van der Waals surface area contributed by atoms with E-state index in [0.29, 0.717) is 22.8 Å². The first-order valence-electron chi connectivity index (χ1n) is 9.59. The van der Waals surface area contributed by atoms with Crippen LogP contribution in [0.1, 0.15) is 40.4 Å². The van der Waals surface area contributed by atoms with Crippen molar-refractivity contribution in [2.45, 2.75) is 25.7 Å². The number of carbonyl (C=O) groups is 1. The van der Waals surface area contributed by atoms with E-state index in [0.717, 1.165) is 29.8 Å². The molecule has 1 N–H and O–H groups in total. The molecule has 7 heteroatoms. The van der Waals surface area contributed by atoms with Crippen molar-refractivity contribution in [2.24, 2.45) is 7.05 Å². The van der Waals surface area contributed by atoms with E-state index in [4.69, 9.17) is 9.52 Å². The maximum atomic E-state index is 13.2. The Hall–Kier alpha value is -3.61. The average Bonchev–Trinajstić information content (AvgIpc) is 3.47. The van der Waals surface area contributed by atoms with E-state index in [2.05, 4.69) is 5.32 Å². The molecule has 0 bridgehead atoms. The number of benzene rings is 2. The molecule has 1 saturated carbocycles. The van der Waals surface area contributed by atoms with Gasteiger partial charge in [0.15, 0.2) is 5.58 Å². The topological polar surface area (TPSA) is 82.1 Å². The molecule has 2 aromatic heterocycles. The molecule has 0 unspecified atom stereocenters. The minimum Gasteiger partial charge on any atom is -0.407 e. The highest BCUT2D eigenvalue weighted by atomic mass is 16.4. The third-order valence-corrected chi connectivity index (χ3v) is 5.42. The number of oxazole rings is 1. The summed E-state index contributed by atoms with van der Waals surface area (Å²) >= 11 is 0. The van der Waals surface area contributed by atoms with Crippen molar-refractivity contribution in [3.8, 4) is 5.69 Å². The molecule has 0 atom stereocenters. The molecular formula is C22H20N4O3. The highest BCUT2D eigenvalue weighted by Crippen LogP contribution is 2.43. The number of fused-ring (bicyclic) bond motifs is 1. The molecule has 1 aliphatic carbocycles. The van der Waals surface area contributed by atoms with Crippen molar-refractivity contribution in [3.05, 3.63) is 75.9 Å². The molecule has 1 amide bonds. The molecule has 0 aliphatic heterocycles. The van der Waals surface area contributed by atoms with Gasteiger partial charge in [-0.25, -0.2) is 9.48 Å². The van der Waals surface area contributed by atoms with Crippen molar-refractivity contribution >= 4 is 22.8 Å². The summed E-state index contributed by atoms with van der Waals surface area (Å²) in [6, 6.07) is 14.9. The van der Waals surface area contributed by atoms with E-state index in [1.54, 1.807) is 29.9 Å². The Morgan fingerprint density at radius 1 is 1.14 bits per heavy atom. The third-order valence-electron chi connectivity index (χ3n) is 5.42. The number of rotatable bonds is 4. The molecule has 7 nitrogen and oxygen atoms in total. The largest absolute Gasteiger partial charge is 0.419 e. The standard InChI is InChI=1S/C22H20N4O3/c1-13-18(14-11-12-14)24-26(15-7-4-3-5-8-15)20(13)23-21(27)16-9-6-10-17-19(16)29-22(28)25(17)2/h3-10,14H,11-12H2,1-2H3,(H,23,27). The molecule has 2 aromatic carbocycles. The lowest BCUT2D eigenvalue weighted by Gasteiger charge is -2.10. The molecule has 0 spiro atoms. The maximum absolute atomic E-state index is 13.2. The molecule has 1 fully saturated rings. The van der Waals surface area contributed by atoms with Crippen molar-refractivity contribution < 1.29 is 9.21 Å². The second-order valence-corrected chi connectivity index (χ2v) is 7.42. The van der Waals surface area contributed by atoms with Gasteiger partial charge < -0.3 is 9.73 Å². The fourth-order valence-electron chi connectivity index (χ4n) is 3.66. The van der Waals surface area contributed by atoms with E-state index >= 15 is 0 Å². The zero-order valence-corrected chi connectivity index (χ0v) is 16.2. The van der Waals surface area contributed by atoms with Gasteiger partial charge in [-0.3, -0.25) is 9.36 Å². The molecule has 4 aromatic rings. The summed E-state index contributed by atoms with van der Waals surface area (Å²) in [4.78, 5) is 25.1. The van der Waals surface area contributed by atoms with E-state index in [1.165, 1.54) is 4.57 Å². The van der Waals surface area contributed by atoms with Gasteiger partial charge in [0.2, 0.25) is 0 Å². The number of nitrogens with zero attached hydrogens (tertiary/aromatic N) is 3. The van der Waals surface area contributed by atoms with Crippen molar-refractivity contribution in [3.63, 3.8) is 0 Å². The van der Waals surface area contributed by atoms with E-state index in [9.17, 15) is 9.59 Å². The Labute approximate surface area is 166 Å². The first-order chi connectivity index (χ1) is 14.0. The molecular weight excluding hydrogens is 368 g/mol. The molecule has 0 radical (unpaired) electrons. The van der Waals surface area contributed by atoms with Gasteiger partial charge in [-0.15, -0.1) is 0 Å². The van der Waals surface area contributed by atoms with Crippen LogP contribution in [0.3, 0.4) is 0 Å². The van der Waals surface area contributed by atoms with Crippen LogP contribution in [-0.4, -0.2) is 20.3 Å². The molecule has 29 heavy (non-hydrogen) atoms. The van der Waals surface area contributed by atoms with Gasteiger partial charge in [-0.05, 0) is 44.0 Å². The highest BCUT2D eigenvalue weighted by molar-refractivity contribution is 6.11. The summed E-state index contributed by atoms with van der Waals surface area (Å²) in [6.07, 6.45) is 2.24. The van der Waals surface area contributed by atoms with Gasteiger partial charge in [0.25, 0.3) is 5.91 Å². The Bertz CT molecular complexity index is 1290. The lowest BCUT2D eigenvalue weighted by Crippen LogP contribution is -2.16. The lowest BCUT2D eigenvalue weighted by molar-refractivity contribution is 0.102. The fraction of sp³-hybridized carbons (Fsp3) is 0.227. The predicted molar refractivity (Wildman–Crippen MR) is 110 cm³/mol. The number of hydrogen-bond acceptors (Lipinski definition) is 4. The second-order valence-electron chi connectivity index (χ2n) is 7.42. The Kier molecular flexibility index (Phi) is 3.91. The van der Waals surface area contributed by atoms with Gasteiger partial charge in [-0.1, -0.05) is 24.3 Å². The number of aryl methyl sites for hydroxylation is 1.